The van der Waals surface area contributed by atoms with Crippen LogP contribution in [-0.4, -0.2) is 62.5 Å². The molecule has 3 nitrogen and oxygen atoms in total. The monoisotopic (exact) mass is 139 g/mol. The summed E-state index contributed by atoms with van der Waals surface area (Å²) >= 11 is 0. The molecule has 0 aliphatic heterocycles. The topological polar surface area (TPSA) is 61.1 Å². The first kappa shape index (κ1) is 11.4. The molecule has 0 unspecified atom stereocenters. The predicted molar refractivity (Wildman–Crippen MR) is 29.6 cm³/mol. The van der Waals surface area contributed by atoms with Crippen molar-refractivity contribution in [1.82, 2.24) is 0 Å². The number of hydrogen-bond donors (Lipinski definition) is 1. The Bertz CT molecular complexity index is 107. The molecule has 0 aliphatic carbocycles. The van der Waals surface area contributed by atoms with Crippen LogP contribution in [0.3, 0.4) is 0 Å². The van der Waals surface area contributed by atoms with Gasteiger partial charge in [0.15, 0.2) is 0 Å². The minimum absolute atomic E-state index is 0. The van der Waals surface area contributed by atoms with Crippen molar-refractivity contribution in [2.45, 2.75) is 12.8 Å². The van der Waals surface area contributed by atoms with Crippen molar-refractivity contribution in [2.24, 2.45) is 0 Å². The maximum absolute atomic E-state index is 9.61. The van der Waals surface area contributed by atoms with Gasteiger partial charge in [0.1, 0.15) is 0 Å². The molecule has 0 aromatic carbocycles. The Morgan fingerprint density at radius 3 is 2.38 bits per heavy atom. The van der Waals surface area contributed by atoms with E-state index in [1.165, 1.54) is 0 Å². The van der Waals surface area contributed by atoms with Crippen LogP contribution in [0.2, 0.25) is 0 Å². The molecule has 0 aliphatic rings. The minimum atomic E-state index is -0.915. The summed E-state index contributed by atoms with van der Waals surface area (Å²) in [5, 5.41) is 15.7. The van der Waals surface area contributed by atoms with Crippen molar-refractivity contribution in [3.05, 3.63) is 0 Å². The van der Waals surface area contributed by atoms with Crippen molar-refractivity contribution in [2.75, 3.05) is 0 Å². The van der Waals surface area contributed by atoms with Crippen LogP contribution >= 0.6 is 0 Å². The van der Waals surface area contributed by atoms with E-state index in [1.807, 2.05) is 0 Å². The first-order chi connectivity index (χ1) is 3.27. The SMILES string of the molecule is N#CCCC(=O)O.[KH]. The molecule has 40 valence electrons. The van der Waals surface area contributed by atoms with Gasteiger partial charge in [-0.3, -0.25) is 4.79 Å². The van der Waals surface area contributed by atoms with Gasteiger partial charge in [0.05, 0.1) is 12.5 Å². The molecule has 0 amide bonds. The van der Waals surface area contributed by atoms with Gasteiger partial charge in [-0.25, -0.2) is 0 Å². The normalized spacial score (nSPS) is 6.38. The molecular weight excluding hydrogens is 133 g/mol. The Morgan fingerprint density at radius 2 is 2.25 bits per heavy atom. The fourth-order valence-electron chi connectivity index (χ4n) is 0.163. The Labute approximate surface area is 90.1 Å². The zero-order valence-electron chi connectivity index (χ0n) is 3.72. The number of carboxylic acids is 1. The molecule has 0 saturated heterocycles. The van der Waals surface area contributed by atoms with Gasteiger partial charge in [-0.15, -0.1) is 0 Å². The second-order valence-corrected chi connectivity index (χ2v) is 1.05. The van der Waals surface area contributed by atoms with Gasteiger partial charge in [0, 0.05) is 6.42 Å². The summed E-state index contributed by atoms with van der Waals surface area (Å²) in [5.74, 6) is -0.915. The van der Waals surface area contributed by atoms with Crippen LogP contribution in [0.25, 0.3) is 0 Å². The van der Waals surface area contributed by atoms with E-state index in [1.54, 1.807) is 6.07 Å². The molecule has 0 fully saturated rings. The molecule has 0 aromatic rings. The molecule has 0 saturated carbocycles. The van der Waals surface area contributed by atoms with E-state index >= 15 is 0 Å². The number of nitriles is 1. The number of aliphatic carboxylic acids is 1. The molecule has 0 radical (unpaired) electrons. The van der Waals surface area contributed by atoms with Gasteiger partial charge in [-0.1, -0.05) is 0 Å². The van der Waals surface area contributed by atoms with Crippen molar-refractivity contribution >= 4 is 57.4 Å². The summed E-state index contributed by atoms with van der Waals surface area (Å²) < 4.78 is 0. The van der Waals surface area contributed by atoms with Gasteiger partial charge in [-0.2, -0.15) is 5.26 Å². The summed E-state index contributed by atoms with van der Waals surface area (Å²) in [6, 6.07) is 1.72. The van der Waals surface area contributed by atoms with Crippen molar-refractivity contribution in [3.63, 3.8) is 0 Å². The number of carbonyl (C=O) groups is 1. The Morgan fingerprint density at radius 1 is 1.75 bits per heavy atom. The van der Waals surface area contributed by atoms with Crippen LogP contribution in [0.5, 0.6) is 0 Å². The standard InChI is InChI=1S/C4H5NO2.K.H/c5-3-1-2-4(6)7;;/h1-2H2,(H,6,7);;. The number of carboxylic acid groups (broad SMARTS) is 1. The summed E-state index contributed by atoms with van der Waals surface area (Å²) in [5.41, 5.74) is 0. The van der Waals surface area contributed by atoms with Gasteiger partial charge in [-0.05, 0) is 0 Å². The summed E-state index contributed by atoms with van der Waals surface area (Å²) in [7, 11) is 0. The third-order valence-electron chi connectivity index (χ3n) is 0.451. The van der Waals surface area contributed by atoms with E-state index in [0.29, 0.717) is 0 Å². The van der Waals surface area contributed by atoms with Crippen molar-refractivity contribution in [3.8, 4) is 6.07 Å². The average molecular weight is 139 g/mol. The van der Waals surface area contributed by atoms with E-state index in [9.17, 15) is 4.79 Å². The van der Waals surface area contributed by atoms with E-state index in [4.69, 9.17) is 10.4 Å². The predicted octanol–water partition coefficient (Wildman–Crippen LogP) is -0.274. The molecule has 0 heterocycles. The number of hydrogen-bond acceptors (Lipinski definition) is 2. The third-order valence-corrected chi connectivity index (χ3v) is 0.451. The number of rotatable bonds is 2. The van der Waals surface area contributed by atoms with Crippen LogP contribution in [0.1, 0.15) is 12.8 Å². The van der Waals surface area contributed by atoms with Crippen molar-refractivity contribution in [1.29, 1.82) is 5.26 Å². The molecular formula is C4H6KNO2. The Balaban J connectivity index is 0. The Kier molecular flexibility index (Phi) is 10.8. The summed E-state index contributed by atoms with van der Waals surface area (Å²) in [4.78, 5) is 9.61. The van der Waals surface area contributed by atoms with Crippen LogP contribution < -0.4 is 0 Å². The van der Waals surface area contributed by atoms with Crippen LogP contribution in [0.4, 0.5) is 0 Å². The van der Waals surface area contributed by atoms with E-state index < -0.39 is 5.97 Å². The van der Waals surface area contributed by atoms with Crippen molar-refractivity contribution < 1.29 is 9.90 Å². The molecule has 0 aromatic heterocycles. The van der Waals surface area contributed by atoms with Gasteiger partial charge in [0.25, 0.3) is 0 Å². The van der Waals surface area contributed by atoms with Crippen LogP contribution in [0.15, 0.2) is 0 Å². The van der Waals surface area contributed by atoms with Crippen LogP contribution in [-0.2, 0) is 4.79 Å². The average Bonchev–Trinajstić information content (AvgIpc) is 1.61. The van der Waals surface area contributed by atoms with E-state index in [-0.39, 0.29) is 64.2 Å². The molecule has 0 spiro atoms. The van der Waals surface area contributed by atoms with Gasteiger partial charge >= 0.3 is 57.4 Å². The summed E-state index contributed by atoms with van der Waals surface area (Å²) in [6.07, 6.45) is 0.0613. The molecule has 0 rings (SSSR count). The molecule has 4 heteroatoms. The second-order valence-electron chi connectivity index (χ2n) is 1.05. The van der Waals surface area contributed by atoms with Crippen LogP contribution in [0, 0.1) is 11.3 Å². The first-order valence-corrected chi connectivity index (χ1v) is 1.86. The zero-order valence-corrected chi connectivity index (χ0v) is 3.72. The second kappa shape index (κ2) is 7.60. The Hall–Kier alpha value is 0.596. The molecule has 0 bridgehead atoms. The maximum atomic E-state index is 9.61. The van der Waals surface area contributed by atoms with E-state index in [0.717, 1.165) is 0 Å². The molecule has 0 atom stereocenters. The summed E-state index contributed by atoms with van der Waals surface area (Å²) in [6.45, 7) is 0. The third kappa shape index (κ3) is 9.78. The fraction of sp³-hybridized carbons (Fsp3) is 0.500. The van der Waals surface area contributed by atoms with Gasteiger partial charge in [0.2, 0.25) is 0 Å². The zero-order chi connectivity index (χ0) is 5.70. The quantitative estimate of drug-likeness (QED) is 0.535. The van der Waals surface area contributed by atoms with Gasteiger partial charge < -0.3 is 5.11 Å². The first-order valence-electron chi connectivity index (χ1n) is 1.86. The fourth-order valence-corrected chi connectivity index (χ4v) is 0.163. The van der Waals surface area contributed by atoms with E-state index in [2.05, 4.69) is 0 Å². The molecule has 1 N–H and O–H groups in total. The number of nitrogens with zero attached hydrogens (tertiary/aromatic N) is 1. The molecule has 8 heavy (non-hydrogen) atoms.